The molecular formula is C11H18N2O2. The molecule has 1 aromatic rings. The van der Waals surface area contributed by atoms with E-state index in [1.54, 1.807) is 7.11 Å². The van der Waals surface area contributed by atoms with Gasteiger partial charge < -0.3 is 14.4 Å². The van der Waals surface area contributed by atoms with E-state index in [-0.39, 0.29) is 0 Å². The zero-order valence-corrected chi connectivity index (χ0v) is 9.78. The molecule has 0 N–H and O–H groups in total. The molecule has 0 bridgehead atoms. The lowest BCUT2D eigenvalue weighted by Gasteiger charge is -2.11. The number of ether oxygens (including phenoxy) is 2. The van der Waals surface area contributed by atoms with Crippen molar-refractivity contribution >= 4 is 0 Å². The first-order valence-electron chi connectivity index (χ1n) is 4.92. The van der Waals surface area contributed by atoms with Gasteiger partial charge in [-0.1, -0.05) is 0 Å². The molecule has 0 aliphatic carbocycles. The number of methoxy groups -OCH3 is 1. The lowest BCUT2D eigenvalue weighted by Crippen LogP contribution is -2.19. The number of hydrogen-bond donors (Lipinski definition) is 0. The van der Waals surface area contributed by atoms with Crippen molar-refractivity contribution in [2.45, 2.75) is 6.92 Å². The van der Waals surface area contributed by atoms with Crippen LogP contribution in [0.5, 0.6) is 11.6 Å². The number of aryl methyl sites for hydroxylation is 1. The van der Waals surface area contributed by atoms with E-state index in [9.17, 15) is 0 Å². The van der Waals surface area contributed by atoms with Gasteiger partial charge in [0.1, 0.15) is 12.4 Å². The van der Waals surface area contributed by atoms with Crippen molar-refractivity contribution < 1.29 is 9.47 Å². The predicted molar refractivity (Wildman–Crippen MR) is 59.6 cm³/mol. The normalized spacial score (nSPS) is 10.5. The lowest BCUT2D eigenvalue weighted by molar-refractivity contribution is 0.253. The molecule has 0 radical (unpaired) electrons. The highest BCUT2D eigenvalue weighted by atomic mass is 16.5. The van der Waals surface area contributed by atoms with Crippen LogP contribution in [0.3, 0.4) is 0 Å². The highest BCUT2D eigenvalue weighted by Crippen LogP contribution is 2.18. The molecular weight excluding hydrogens is 192 g/mol. The largest absolute Gasteiger partial charge is 0.495 e. The molecule has 1 aromatic heterocycles. The molecule has 15 heavy (non-hydrogen) atoms. The number of rotatable bonds is 5. The van der Waals surface area contributed by atoms with Crippen LogP contribution >= 0.6 is 0 Å². The molecule has 0 unspecified atom stereocenters. The van der Waals surface area contributed by atoms with Crippen molar-refractivity contribution in [1.29, 1.82) is 0 Å². The number of likely N-dealkylation sites (N-methyl/N-ethyl adjacent to an activating group) is 1. The third-order valence-electron chi connectivity index (χ3n) is 2.02. The highest BCUT2D eigenvalue weighted by molar-refractivity contribution is 5.30. The number of pyridine rings is 1. The van der Waals surface area contributed by atoms with Gasteiger partial charge in [-0.2, -0.15) is 0 Å². The van der Waals surface area contributed by atoms with Gasteiger partial charge in [-0.3, -0.25) is 0 Å². The Balaban J connectivity index is 2.52. The standard InChI is InChI=1S/C11H18N2O2/c1-9-10(14-4)5-6-11(12-9)15-8-7-13(2)3/h5-6H,7-8H2,1-4H3. The Morgan fingerprint density at radius 3 is 2.60 bits per heavy atom. The van der Waals surface area contributed by atoms with E-state index in [2.05, 4.69) is 9.88 Å². The maximum Gasteiger partial charge on any atom is 0.213 e. The summed E-state index contributed by atoms with van der Waals surface area (Å²) in [6.45, 7) is 3.43. The van der Waals surface area contributed by atoms with Crippen molar-refractivity contribution in [3.8, 4) is 11.6 Å². The molecule has 4 nitrogen and oxygen atoms in total. The molecule has 0 aliphatic heterocycles. The van der Waals surface area contributed by atoms with Gasteiger partial charge in [0.15, 0.2) is 0 Å². The fraction of sp³-hybridized carbons (Fsp3) is 0.545. The van der Waals surface area contributed by atoms with Gasteiger partial charge in [-0.05, 0) is 27.1 Å². The van der Waals surface area contributed by atoms with Crippen LogP contribution in [0.25, 0.3) is 0 Å². The predicted octanol–water partition coefficient (Wildman–Crippen LogP) is 1.34. The van der Waals surface area contributed by atoms with Crippen LogP contribution < -0.4 is 9.47 Å². The quantitative estimate of drug-likeness (QED) is 0.734. The minimum absolute atomic E-state index is 0.645. The van der Waals surface area contributed by atoms with Gasteiger partial charge in [0, 0.05) is 12.6 Å². The Hall–Kier alpha value is -1.29. The molecule has 0 atom stereocenters. The summed E-state index contributed by atoms with van der Waals surface area (Å²) in [5.41, 5.74) is 0.847. The van der Waals surface area contributed by atoms with E-state index in [4.69, 9.17) is 9.47 Å². The van der Waals surface area contributed by atoms with Gasteiger partial charge in [0.05, 0.1) is 12.8 Å². The molecule has 1 heterocycles. The van der Waals surface area contributed by atoms with Gasteiger partial charge in [-0.15, -0.1) is 0 Å². The van der Waals surface area contributed by atoms with Crippen molar-refractivity contribution in [3.63, 3.8) is 0 Å². The Bertz CT molecular complexity index is 313. The molecule has 0 amide bonds. The Morgan fingerprint density at radius 2 is 2.07 bits per heavy atom. The van der Waals surface area contributed by atoms with Crippen molar-refractivity contribution in [1.82, 2.24) is 9.88 Å². The summed E-state index contributed by atoms with van der Waals surface area (Å²) in [7, 11) is 5.66. The topological polar surface area (TPSA) is 34.6 Å². The third kappa shape index (κ3) is 3.75. The summed E-state index contributed by atoms with van der Waals surface area (Å²) in [5.74, 6) is 1.44. The average molecular weight is 210 g/mol. The lowest BCUT2D eigenvalue weighted by atomic mass is 10.3. The van der Waals surface area contributed by atoms with E-state index in [1.807, 2.05) is 33.2 Å². The van der Waals surface area contributed by atoms with Gasteiger partial charge >= 0.3 is 0 Å². The van der Waals surface area contributed by atoms with Crippen molar-refractivity contribution in [2.24, 2.45) is 0 Å². The first-order valence-corrected chi connectivity index (χ1v) is 4.92. The van der Waals surface area contributed by atoms with E-state index in [0.29, 0.717) is 12.5 Å². The van der Waals surface area contributed by atoms with Crippen LogP contribution in [0.2, 0.25) is 0 Å². The Labute approximate surface area is 90.8 Å². The summed E-state index contributed by atoms with van der Waals surface area (Å²) in [6, 6.07) is 3.69. The van der Waals surface area contributed by atoms with Crippen molar-refractivity contribution in [2.75, 3.05) is 34.4 Å². The fourth-order valence-electron chi connectivity index (χ4n) is 1.15. The molecule has 1 rings (SSSR count). The Kier molecular flexibility index (Phi) is 4.37. The molecule has 0 saturated carbocycles. The minimum atomic E-state index is 0.645. The van der Waals surface area contributed by atoms with Crippen LogP contribution in [0.4, 0.5) is 0 Å². The monoisotopic (exact) mass is 210 g/mol. The van der Waals surface area contributed by atoms with E-state index in [1.165, 1.54) is 0 Å². The second-order valence-electron chi connectivity index (χ2n) is 3.59. The zero-order valence-electron chi connectivity index (χ0n) is 9.78. The number of nitrogens with zero attached hydrogens (tertiary/aromatic N) is 2. The van der Waals surface area contributed by atoms with Crippen molar-refractivity contribution in [3.05, 3.63) is 17.8 Å². The summed E-state index contributed by atoms with van der Waals surface area (Å²) >= 11 is 0. The van der Waals surface area contributed by atoms with Crippen LogP contribution in [-0.4, -0.2) is 44.2 Å². The van der Waals surface area contributed by atoms with Gasteiger partial charge in [0.2, 0.25) is 5.88 Å². The SMILES string of the molecule is COc1ccc(OCCN(C)C)nc1C. The fourth-order valence-corrected chi connectivity index (χ4v) is 1.15. The Morgan fingerprint density at radius 1 is 1.33 bits per heavy atom. The zero-order chi connectivity index (χ0) is 11.3. The molecule has 0 aliphatic rings. The second-order valence-corrected chi connectivity index (χ2v) is 3.59. The minimum Gasteiger partial charge on any atom is -0.495 e. The summed E-state index contributed by atoms with van der Waals surface area (Å²) in [4.78, 5) is 6.34. The molecule has 0 spiro atoms. The second kappa shape index (κ2) is 5.56. The molecule has 84 valence electrons. The smallest absolute Gasteiger partial charge is 0.213 e. The highest BCUT2D eigenvalue weighted by Gasteiger charge is 2.02. The first-order chi connectivity index (χ1) is 7.13. The summed E-state index contributed by atoms with van der Waals surface area (Å²) < 4.78 is 10.6. The van der Waals surface area contributed by atoms with Crippen LogP contribution in [0.15, 0.2) is 12.1 Å². The average Bonchev–Trinajstić information content (AvgIpc) is 2.17. The van der Waals surface area contributed by atoms with Crippen LogP contribution in [0, 0.1) is 6.92 Å². The van der Waals surface area contributed by atoms with E-state index < -0.39 is 0 Å². The summed E-state index contributed by atoms with van der Waals surface area (Å²) in [5, 5.41) is 0. The van der Waals surface area contributed by atoms with E-state index >= 15 is 0 Å². The summed E-state index contributed by atoms with van der Waals surface area (Å²) in [6.07, 6.45) is 0. The molecule has 0 fully saturated rings. The maximum atomic E-state index is 5.49. The maximum absolute atomic E-state index is 5.49. The number of aromatic nitrogens is 1. The van der Waals surface area contributed by atoms with E-state index in [0.717, 1.165) is 18.0 Å². The third-order valence-corrected chi connectivity index (χ3v) is 2.02. The molecule has 0 aromatic carbocycles. The molecule has 4 heteroatoms. The van der Waals surface area contributed by atoms with Crippen LogP contribution in [-0.2, 0) is 0 Å². The van der Waals surface area contributed by atoms with Gasteiger partial charge in [-0.25, -0.2) is 4.98 Å². The molecule has 0 saturated heterocycles. The number of hydrogen-bond acceptors (Lipinski definition) is 4. The van der Waals surface area contributed by atoms with Crippen LogP contribution in [0.1, 0.15) is 5.69 Å². The van der Waals surface area contributed by atoms with Gasteiger partial charge in [0.25, 0.3) is 0 Å². The first kappa shape index (κ1) is 11.8.